The molecular weight excluding hydrogens is 346 g/mol. The van der Waals surface area contributed by atoms with Gasteiger partial charge in [0.2, 0.25) is 5.91 Å². The van der Waals surface area contributed by atoms with Gasteiger partial charge in [-0.15, -0.1) is 0 Å². The molecule has 0 aromatic carbocycles. The van der Waals surface area contributed by atoms with Crippen LogP contribution in [-0.4, -0.2) is 55.7 Å². The molecule has 2 aliphatic rings. The van der Waals surface area contributed by atoms with Gasteiger partial charge in [0.15, 0.2) is 0 Å². The van der Waals surface area contributed by atoms with E-state index >= 15 is 0 Å². The summed E-state index contributed by atoms with van der Waals surface area (Å²) in [5, 5.41) is 19.4. The van der Waals surface area contributed by atoms with Crippen molar-refractivity contribution in [3.05, 3.63) is 35.4 Å². The molecule has 1 fully saturated rings. The Labute approximate surface area is 158 Å². The zero-order valence-electron chi connectivity index (χ0n) is 16.0. The molecule has 2 aromatic heterocycles. The molecule has 2 aromatic rings. The Morgan fingerprint density at radius 1 is 1.37 bits per heavy atom. The maximum absolute atomic E-state index is 13.2. The first-order chi connectivity index (χ1) is 13.0. The SMILES string of the molecule is COCC1(C(=O)N2CCCn3nc([C@@H](O)c4ccnn4C)cc3C2)CCC1. The molecule has 0 bridgehead atoms. The first kappa shape index (κ1) is 18.2. The fraction of sp³-hybridized carbons (Fsp3) is 0.632. The average molecular weight is 373 g/mol. The van der Waals surface area contributed by atoms with E-state index in [2.05, 4.69) is 10.2 Å². The molecule has 0 spiro atoms. The number of aliphatic hydroxyl groups is 1. The van der Waals surface area contributed by atoms with E-state index in [1.54, 1.807) is 31.1 Å². The minimum absolute atomic E-state index is 0.194. The molecule has 146 valence electrons. The maximum atomic E-state index is 13.2. The van der Waals surface area contributed by atoms with E-state index < -0.39 is 6.10 Å². The van der Waals surface area contributed by atoms with Crippen molar-refractivity contribution in [2.45, 2.75) is 44.9 Å². The lowest BCUT2D eigenvalue weighted by molar-refractivity contribution is -0.152. The lowest BCUT2D eigenvalue weighted by atomic mass is 9.68. The molecule has 3 heterocycles. The molecule has 27 heavy (non-hydrogen) atoms. The topological polar surface area (TPSA) is 85.4 Å². The van der Waals surface area contributed by atoms with Crippen LogP contribution in [0, 0.1) is 5.41 Å². The van der Waals surface area contributed by atoms with Crippen LogP contribution in [0.25, 0.3) is 0 Å². The number of carbonyl (C=O) groups excluding carboxylic acids is 1. The van der Waals surface area contributed by atoms with Crippen molar-refractivity contribution < 1.29 is 14.6 Å². The molecule has 0 unspecified atom stereocenters. The fourth-order valence-electron chi connectivity index (χ4n) is 4.23. The average Bonchev–Trinajstić information content (AvgIpc) is 3.17. The Bertz CT molecular complexity index is 823. The van der Waals surface area contributed by atoms with Crippen molar-refractivity contribution in [1.82, 2.24) is 24.5 Å². The summed E-state index contributed by atoms with van der Waals surface area (Å²) in [6.07, 6.45) is 4.58. The number of methoxy groups -OCH3 is 1. The number of ether oxygens (including phenoxy) is 1. The van der Waals surface area contributed by atoms with Crippen LogP contribution in [0.2, 0.25) is 0 Å². The third-order valence-corrected chi connectivity index (χ3v) is 5.92. The van der Waals surface area contributed by atoms with Gasteiger partial charge in [-0.05, 0) is 31.4 Å². The van der Waals surface area contributed by atoms with Crippen LogP contribution < -0.4 is 0 Å². The van der Waals surface area contributed by atoms with Gasteiger partial charge in [0.05, 0.1) is 35.6 Å². The maximum Gasteiger partial charge on any atom is 0.231 e. The summed E-state index contributed by atoms with van der Waals surface area (Å²) in [5.74, 6) is 0.194. The zero-order valence-corrected chi connectivity index (χ0v) is 16.0. The molecule has 1 atom stereocenters. The van der Waals surface area contributed by atoms with Crippen LogP contribution in [0.1, 0.15) is 48.9 Å². The van der Waals surface area contributed by atoms with E-state index in [1.165, 1.54) is 0 Å². The molecule has 1 aliphatic carbocycles. The lowest BCUT2D eigenvalue weighted by Crippen LogP contribution is -2.50. The number of aryl methyl sites for hydroxylation is 2. The number of rotatable bonds is 5. The molecule has 8 nitrogen and oxygen atoms in total. The minimum atomic E-state index is -0.826. The highest BCUT2D eigenvalue weighted by atomic mass is 16.5. The number of hydrogen-bond acceptors (Lipinski definition) is 5. The summed E-state index contributed by atoms with van der Waals surface area (Å²) < 4.78 is 8.92. The molecule has 8 heteroatoms. The van der Waals surface area contributed by atoms with E-state index in [-0.39, 0.29) is 11.3 Å². The van der Waals surface area contributed by atoms with Gasteiger partial charge in [0.1, 0.15) is 6.10 Å². The van der Waals surface area contributed by atoms with Crippen molar-refractivity contribution >= 4 is 5.91 Å². The zero-order chi connectivity index (χ0) is 19.0. The fourth-order valence-corrected chi connectivity index (χ4v) is 4.23. The summed E-state index contributed by atoms with van der Waals surface area (Å²) in [6.45, 7) is 2.49. The number of aliphatic hydroxyl groups excluding tert-OH is 1. The van der Waals surface area contributed by atoms with E-state index in [9.17, 15) is 9.90 Å². The molecule has 1 aliphatic heterocycles. The second kappa shape index (κ2) is 7.09. The monoisotopic (exact) mass is 373 g/mol. The van der Waals surface area contributed by atoms with E-state index in [0.29, 0.717) is 24.5 Å². The Hall–Kier alpha value is -2.19. The molecule has 0 radical (unpaired) electrons. The van der Waals surface area contributed by atoms with Crippen LogP contribution in [-0.2, 0) is 29.7 Å². The van der Waals surface area contributed by atoms with E-state index in [1.807, 2.05) is 15.6 Å². The molecular formula is C19H27N5O3. The van der Waals surface area contributed by atoms with Crippen molar-refractivity contribution in [1.29, 1.82) is 0 Å². The van der Waals surface area contributed by atoms with Crippen molar-refractivity contribution in [2.75, 3.05) is 20.3 Å². The normalized spacial score (nSPS) is 19.9. The molecule has 1 saturated carbocycles. The van der Waals surface area contributed by atoms with E-state index in [4.69, 9.17) is 4.74 Å². The summed E-state index contributed by atoms with van der Waals surface area (Å²) >= 11 is 0. The van der Waals surface area contributed by atoms with Crippen LogP contribution in [0.4, 0.5) is 0 Å². The van der Waals surface area contributed by atoms with Crippen molar-refractivity contribution in [3.63, 3.8) is 0 Å². The van der Waals surface area contributed by atoms with Crippen molar-refractivity contribution in [3.8, 4) is 0 Å². The molecule has 1 N–H and O–H groups in total. The highest BCUT2D eigenvalue weighted by Gasteiger charge is 2.46. The van der Waals surface area contributed by atoms with Gasteiger partial charge in [0, 0.05) is 33.4 Å². The number of amides is 1. The Kier molecular flexibility index (Phi) is 4.77. The summed E-state index contributed by atoms with van der Waals surface area (Å²) in [5.41, 5.74) is 1.91. The van der Waals surface area contributed by atoms with Gasteiger partial charge in [0.25, 0.3) is 0 Å². The minimum Gasteiger partial charge on any atom is -0.384 e. The van der Waals surface area contributed by atoms with E-state index in [0.717, 1.165) is 44.5 Å². The van der Waals surface area contributed by atoms with Gasteiger partial charge in [-0.25, -0.2) is 0 Å². The van der Waals surface area contributed by atoms with Gasteiger partial charge in [-0.1, -0.05) is 6.42 Å². The third kappa shape index (κ3) is 3.17. The lowest BCUT2D eigenvalue weighted by Gasteiger charge is -2.42. The first-order valence-corrected chi connectivity index (χ1v) is 9.55. The highest BCUT2D eigenvalue weighted by Crippen LogP contribution is 2.43. The predicted molar refractivity (Wildman–Crippen MR) is 97.7 cm³/mol. The first-order valence-electron chi connectivity index (χ1n) is 9.55. The molecule has 0 saturated heterocycles. The Morgan fingerprint density at radius 2 is 2.19 bits per heavy atom. The molecule has 4 rings (SSSR count). The number of fused-ring (bicyclic) bond motifs is 1. The molecule has 1 amide bonds. The van der Waals surface area contributed by atoms with Crippen LogP contribution >= 0.6 is 0 Å². The summed E-state index contributed by atoms with van der Waals surface area (Å²) in [6, 6.07) is 3.70. The summed E-state index contributed by atoms with van der Waals surface area (Å²) in [7, 11) is 3.46. The van der Waals surface area contributed by atoms with Crippen LogP contribution in [0.3, 0.4) is 0 Å². The predicted octanol–water partition coefficient (Wildman–Crippen LogP) is 1.25. The second-order valence-corrected chi connectivity index (χ2v) is 7.71. The van der Waals surface area contributed by atoms with Gasteiger partial charge < -0.3 is 14.7 Å². The van der Waals surface area contributed by atoms with Crippen LogP contribution in [0.15, 0.2) is 18.3 Å². The van der Waals surface area contributed by atoms with Crippen molar-refractivity contribution in [2.24, 2.45) is 12.5 Å². The number of nitrogens with zero attached hydrogens (tertiary/aromatic N) is 5. The number of hydrogen-bond donors (Lipinski definition) is 1. The van der Waals surface area contributed by atoms with Gasteiger partial charge in [-0.3, -0.25) is 14.2 Å². The largest absolute Gasteiger partial charge is 0.384 e. The number of aromatic nitrogens is 4. The second-order valence-electron chi connectivity index (χ2n) is 7.71. The number of carbonyl (C=O) groups is 1. The van der Waals surface area contributed by atoms with Gasteiger partial charge >= 0.3 is 0 Å². The van der Waals surface area contributed by atoms with Crippen LogP contribution in [0.5, 0.6) is 0 Å². The Morgan fingerprint density at radius 3 is 2.81 bits per heavy atom. The third-order valence-electron chi connectivity index (χ3n) is 5.92. The standard InChI is InChI=1S/C19H27N5O3/c1-22-16(5-8-20-22)17(25)15-11-14-12-23(9-4-10-24(14)21-15)18(26)19(13-27-2)6-3-7-19/h5,8,11,17,25H,3-4,6-7,9-10,12-13H2,1-2H3/t17-/m1/s1. The van der Waals surface area contributed by atoms with Gasteiger partial charge in [-0.2, -0.15) is 10.2 Å². The smallest absolute Gasteiger partial charge is 0.231 e. The Balaban J connectivity index is 1.55. The summed E-state index contributed by atoms with van der Waals surface area (Å²) in [4.78, 5) is 15.1. The quantitative estimate of drug-likeness (QED) is 0.853. The highest BCUT2D eigenvalue weighted by molar-refractivity contribution is 5.83.